The molecule has 2 heterocycles. The first kappa shape index (κ1) is 15.3. The fourth-order valence-corrected chi connectivity index (χ4v) is 3.18. The molecule has 0 spiro atoms. The fourth-order valence-electron chi connectivity index (χ4n) is 3.18. The molecule has 0 bridgehead atoms. The van der Waals surface area contributed by atoms with Gasteiger partial charge in [0, 0.05) is 12.4 Å². The average Bonchev–Trinajstić information content (AvgIpc) is 3.05. The first-order valence-electron chi connectivity index (χ1n) is 8.38. The molecule has 2 aromatic carbocycles. The van der Waals surface area contributed by atoms with Gasteiger partial charge in [0.2, 0.25) is 0 Å². The van der Waals surface area contributed by atoms with Crippen LogP contribution < -0.4 is 4.57 Å². The molecule has 0 radical (unpaired) electrons. The van der Waals surface area contributed by atoms with E-state index in [-0.39, 0.29) is 0 Å². The van der Waals surface area contributed by atoms with Crippen LogP contribution >= 0.6 is 0 Å². The molecule has 0 fully saturated rings. The zero-order valence-corrected chi connectivity index (χ0v) is 14.4. The Hall–Kier alpha value is -3.20. The fraction of sp³-hybridized carbons (Fsp3) is 0.0909. The Balaban J connectivity index is 1.90. The van der Waals surface area contributed by atoms with Gasteiger partial charge in [0.25, 0.3) is 5.82 Å². The van der Waals surface area contributed by atoms with Gasteiger partial charge in [0.1, 0.15) is 18.1 Å². The van der Waals surface area contributed by atoms with Crippen LogP contribution in [0.5, 0.6) is 0 Å². The van der Waals surface area contributed by atoms with Gasteiger partial charge in [-0.15, -0.1) is 0 Å². The highest BCUT2D eigenvalue weighted by atomic mass is 15.1. The minimum absolute atomic E-state index is 1.16. The lowest BCUT2D eigenvalue weighted by molar-refractivity contribution is -0.659. The lowest BCUT2D eigenvalue weighted by atomic mass is 10.00. The number of aryl methyl sites for hydroxylation is 2. The summed E-state index contributed by atoms with van der Waals surface area (Å²) in [6.07, 6.45) is 7.88. The summed E-state index contributed by atoms with van der Waals surface area (Å²) < 4.78 is 4.41. The normalized spacial score (nSPS) is 10.8. The number of imidazole rings is 1. The third kappa shape index (κ3) is 2.85. The highest BCUT2D eigenvalue weighted by molar-refractivity contribution is 5.72. The van der Waals surface area contributed by atoms with E-state index in [9.17, 15) is 0 Å². The van der Waals surface area contributed by atoms with Crippen LogP contribution in [0.15, 0.2) is 85.5 Å². The van der Waals surface area contributed by atoms with Crippen molar-refractivity contribution in [2.24, 2.45) is 7.05 Å². The van der Waals surface area contributed by atoms with Gasteiger partial charge in [0.05, 0.1) is 12.6 Å². The van der Waals surface area contributed by atoms with Crippen molar-refractivity contribution in [3.8, 4) is 28.2 Å². The minimum atomic E-state index is 1.16. The molecule has 4 rings (SSSR count). The highest BCUT2D eigenvalue weighted by Gasteiger charge is 2.21. The van der Waals surface area contributed by atoms with E-state index in [1.165, 1.54) is 28.1 Å². The first-order valence-corrected chi connectivity index (χ1v) is 8.38. The summed E-state index contributed by atoms with van der Waals surface area (Å²) in [5, 5.41) is 0. The Morgan fingerprint density at radius 2 is 1.64 bits per heavy atom. The number of nitrogens with zero attached hydrogens (tertiary/aromatic N) is 3. The Morgan fingerprint density at radius 1 is 0.880 bits per heavy atom. The topological polar surface area (TPSA) is 21.7 Å². The van der Waals surface area contributed by atoms with Gasteiger partial charge in [-0.2, -0.15) is 4.57 Å². The Kier molecular flexibility index (Phi) is 3.90. The third-order valence-electron chi connectivity index (χ3n) is 4.53. The summed E-state index contributed by atoms with van der Waals surface area (Å²) in [6.45, 7) is 2.16. The molecular weight excluding hydrogens is 306 g/mol. The second kappa shape index (κ2) is 6.36. The summed E-state index contributed by atoms with van der Waals surface area (Å²) in [4.78, 5) is 4.12. The van der Waals surface area contributed by atoms with Crippen molar-refractivity contribution >= 4 is 0 Å². The van der Waals surface area contributed by atoms with Crippen molar-refractivity contribution in [2.75, 3.05) is 0 Å². The number of rotatable bonds is 3. The summed E-state index contributed by atoms with van der Waals surface area (Å²) >= 11 is 0. The van der Waals surface area contributed by atoms with E-state index in [0.717, 1.165) is 5.69 Å². The quantitative estimate of drug-likeness (QED) is 0.513. The third-order valence-corrected chi connectivity index (χ3v) is 4.53. The summed E-state index contributed by atoms with van der Waals surface area (Å²) in [7, 11) is 2.09. The summed E-state index contributed by atoms with van der Waals surface area (Å²) in [5.74, 6) is 1.17. The molecule has 0 amide bonds. The van der Waals surface area contributed by atoms with E-state index >= 15 is 0 Å². The smallest absolute Gasteiger partial charge is 0.265 e. The Morgan fingerprint density at radius 3 is 2.40 bits per heavy atom. The Bertz CT molecular complexity index is 1000. The van der Waals surface area contributed by atoms with Crippen LogP contribution in [0.4, 0.5) is 0 Å². The van der Waals surface area contributed by atoms with Gasteiger partial charge in [-0.25, -0.2) is 4.57 Å². The van der Waals surface area contributed by atoms with Crippen LogP contribution in [0.3, 0.4) is 0 Å². The summed E-state index contributed by atoms with van der Waals surface area (Å²) in [6, 6.07) is 21.2. The van der Waals surface area contributed by atoms with Crippen LogP contribution in [0.2, 0.25) is 0 Å². The molecule has 4 aromatic rings. The van der Waals surface area contributed by atoms with Crippen molar-refractivity contribution in [3.63, 3.8) is 0 Å². The number of aromatic nitrogens is 3. The van der Waals surface area contributed by atoms with E-state index in [1.807, 2.05) is 30.6 Å². The van der Waals surface area contributed by atoms with Crippen LogP contribution in [0.1, 0.15) is 5.56 Å². The number of benzene rings is 2. The second-order valence-corrected chi connectivity index (χ2v) is 6.20. The summed E-state index contributed by atoms with van der Waals surface area (Å²) in [5.41, 5.74) is 6.02. The largest absolute Gasteiger partial charge is 0.294 e. The molecule has 0 aliphatic heterocycles. The molecule has 0 aliphatic rings. The Labute approximate surface area is 147 Å². The zero-order chi connectivity index (χ0) is 17.2. The predicted octanol–water partition coefficient (Wildman–Crippen LogP) is 4.34. The van der Waals surface area contributed by atoms with Gasteiger partial charge in [0.15, 0.2) is 0 Å². The first-order chi connectivity index (χ1) is 12.2. The van der Waals surface area contributed by atoms with Gasteiger partial charge in [-0.3, -0.25) is 4.98 Å². The lowest BCUT2D eigenvalue weighted by Gasteiger charge is -2.09. The molecule has 0 unspecified atom stereocenters. The molecular formula is C22H20N3+. The van der Waals surface area contributed by atoms with Crippen molar-refractivity contribution < 1.29 is 4.57 Å². The van der Waals surface area contributed by atoms with Crippen LogP contribution in [-0.4, -0.2) is 9.55 Å². The van der Waals surface area contributed by atoms with Crippen molar-refractivity contribution in [2.45, 2.75) is 6.92 Å². The number of hydrogen-bond donors (Lipinski definition) is 0. The molecule has 0 saturated carbocycles. The number of hydrogen-bond acceptors (Lipinski definition) is 1. The lowest BCUT2D eigenvalue weighted by Crippen LogP contribution is -2.29. The molecule has 122 valence electrons. The number of para-hydroxylation sites is 1. The highest BCUT2D eigenvalue weighted by Crippen LogP contribution is 2.29. The molecule has 0 aliphatic carbocycles. The van der Waals surface area contributed by atoms with Crippen LogP contribution in [0, 0.1) is 6.92 Å². The molecule has 2 aromatic heterocycles. The maximum absolute atomic E-state index is 4.12. The van der Waals surface area contributed by atoms with Crippen LogP contribution in [-0.2, 0) is 7.05 Å². The molecule has 3 nitrogen and oxygen atoms in total. The van der Waals surface area contributed by atoms with E-state index < -0.39 is 0 Å². The van der Waals surface area contributed by atoms with Gasteiger partial charge >= 0.3 is 0 Å². The van der Waals surface area contributed by atoms with Gasteiger partial charge in [-0.05, 0) is 53.9 Å². The molecule has 0 N–H and O–H groups in total. The SMILES string of the molecule is Cc1ccc(-c2ccncc2)cc1-c1n(-c2ccccc2)cc[n+]1C. The van der Waals surface area contributed by atoms with E-state index in [4.69, 9.17) is 0 Å². The zero-order valence-electron chi connectivity index (χ0n) is 14.4. The van der Waals surface area contributed by atoms with Crippen LogP contribution in [0.25, 0.3) is 28.2 Å². The van der Waals surface area contributed by atoms with Gasteiger partial charge in [-0.1, -0.05) is 30.3 Å². The standard InChI is InChI=1S/C22H20N3/c1-17-8-9-19(18-10-12-23-13-11-18)16-21(17)22-24(2)14-15-25(22)20-6-4-3-5-7-20/h3-16H,1-2H3/q+1. The average molecular weight is 326 g/mol. The monoisotopic (exact) mass is 326 g/mol. The van der Waals surface area contributed by atoms with Crippen molar-refractivity contribution in [3.05, 3.63) is 91.0 Å². The minimum Gasteiger partial charge on any atom is -0.265 e. The maximum atomic E-state index is 4.12. The molecule has 0 saturated heterocycles. The van der Waals surface area contributed by atoms with Gasteiger partial charge < -0.3 is 0 Å². The number of pyridine rings is 1. The second-order valence-electron chi connectivity index (χ2n) is 6.20. The van der Waals surface area contributed by atoms with Crippen molar-refractivity contribution in [1.82, 2.24) is 9.55 Å². The van der Waals surface area contributed by atoms with E-state index in [1.54, 1.807) is 0 Å². The van der Waals surface area contributed by atoms with E-state index in [2.05, 4.69) is 82.9 Å². The predicted molar refractivity (Wildman–Crippen MR) is 100 cm³/mol. The van der Waals surface area contributed by atoms with E-state index in [0.29, 0.717) is 0 Å². The maximum Gasteiger partial charge on any atom is 0.294 e. The molecule has 25 heavy (non-hydrogen) atoms. The van der Waals surface area contributed by atoms with Crippen molar-refractivity contribution in [1.29, 1.82) is 0 Å². The molecule has 0 atom stereocenters. The molecule has 3 heteroatoms.